The summed E-state index contributed by atoms with van der Waals surface area (Å²) in [5, 5.41) is 43.2. The molecule has 0 spiro atoms. The zero-order chi connectivity index (χ0) is 34.7. The van der Waals surface area contributed by atoms with Crippen LogP contribution in [0.5, 0.6) is 5.75 Å². The second-order valence-electron chi connectivity index (χ2n) is 10.6. The molecule has 2 aromatic heterocycles. The van der Waals surface area contributed by atoms with Gasteiger partial charge in [-0.1, -0.05) is 42.1 Å². The third-order valence-corrected chi connectivity index (χ3v) is 9.78. The Labute approximate surface area is 313 Å². The Bertz CT molecular complexity index is 2010. The number of carboxylic acids is 1. The van der Waals surface area contributed by atoms with Crippen molar-refractivity contribution < 1.29 is 58.9 Å². The van der Waals surface area contributed by atoms with Crippen LogP contribution < -0.4 is 61.5 Å². The molecule has 18 nitrogen and oxygen atoms in total. The summed E-state index contributed by atoms with van der Waals surface area (Å²) in [6.45, 7) is 0. The van der Waals surface area contributed by atoms with Gasteiger partial charge in [-0.2, -0.15) is 0 Å². The van der Waals surface area contributed by atoms with E-state index < -0.39 is 46.8 Å². The number of nitrogens with zero attached hydrogens (tertiary/aromatic N) is 6. The van der Waals surface area contributed by atoms with Crippen LogP contribution in [0.3, 0.4) is 0 Å². The smallest absolute Gasteiger partial charge is 0.543 e. The molecule has 0 saturated carbocycles. The Hall–Kier alpha value is -4.89. The Morgan fingerprint density at radius 2 is 1.88 bits per heavy atom. The fraction of sp³-hybridized carbons (Fsp3) is 0.207. The minimum absolute atomic E-state index is 0. The van der Waals surface area contributed by atoms with Crippen LogP contribution in [0.4, 0.5) is 22.1 Å². The summed E-state index contributed by atoms with van der Waals surface area (Å²) in [7, 11) is 1.64. The summed E-state index contributed by atoms with van der Waals surface area (Å²) >= 11 is 2.45. The van der Waals surface area contributed by atoms with E-state index in [1.54, 1.807) is 31.3 Å². The van der Waals surface area contributed by atoms with E-state index in [0.29, 0.717) is 16.4 Å². The van der Waals surface area contributed by atoms with Gasteiger partial charge < -0.3 is 36.3 Å². The van der Waals surface area contributed by atoms with Crippen LogP contribution in [0, 0.1) is 0 Å². The molecule has 2 aromatic carbocycles. The molecule has 1 unspecified atom stereocenters. The number of rotatable bonds is 11. The number of aryl methyl sites for hydroxylation is 1. The molecule has 0 aliphatic carbocycles. The van der Waals surface area contributed by atoms with Gasteiger partial charge in [-0.25, -0.2) is 14.5 Å². The molecule has 4 heterocycles. The van der Waals surface area contributed by atoms with Gasteiger partial charge >= 0.3 is 35.6 Å². The number of tetrazole rings is 1. The molecule has 1 saturated heterocycles. The monoisotopic (exact) mass is 727 g/mol. The van der Waals surface area contributed by atoms with E-state index in [-0.39, 0.29) is 69.7 Å². The summed E-state index contributed by atoms with van der Waals surface area (Å²) < 4.78 is 1.43. The fourth-order valence-corrected chi connectivity index (χ4v) is 7.31. The van der Waals surface area contributed by atoms with Crippen LogP contribution in [-0.4, -0.2) is 86.9 Å². The molecule has 21 heteroatoms. The maximum atomic E-state index is 13.6. The first-order valence-corrected chi connectivity index (χ1v) is 16.4. The number of β-lactam (4-membered cyclic amide) rings is 1. The van der Waals surface area contributed by atoms with E-state index in [1.807, 2.05) is 6.07 Å². The average molecular weight is 728 g/mol. The zero-order valence-electron chi connectivity index (χ0n) is 26.3. The normalized spacial score (nSPS) is 17.1. The third kappa shape index (κ3) is 7.94. The first-order valence-electron chi connectivity index (χ1n) is 14.4. The number of phenolic OH excluding ortho intramolecular Hbond substituents is 1. The van der Waals surface area contributed by atoms with E-state index in [4.69, 9.17) is 0 Å². The molecule has 6 N–H and O–H groups in total. The number of aromatic nitrogens is 6. The largest absolute Gasteiger partial charge is 1.00 e. The summed E-state index contributed by atoms with van der Waals surface area (Å²) in [6.07, 6.45) is 1.14. The number of phenols is 1. The SMILES string of the molecule is Cn1nnnc1SCC1=C(C(=O)[O-])N2C(=O)C(NC(=O)[C@H](NC(=O)Nc3cnc(Nc4ccccc4)[nH]c3=O)c3ccc(O)cc3)[C@H]2SC1.[Na+]. The summed E-state index contributed by atoms with van der Waals surface area (Å²) in [6, 6.07) is 10.9. The Morgan fingerprint density at radius 3 is 2.54 bits per heavy atom. The molecule has 252 valence electrons. The van der Waals surface area contributed by atoms with Crippen LogP contribution in [0.1, 0.15) is 11.6 Å². The van der Waals surface area contributed by atoms with Crippen LogP contribution in [0.25, 0.3) is 0 Å². The standard InChI is InChI=1S/C29H27N11O7S2.Na/c1-39-29(36-37-38-39)49-13-15-12-48-25-20(24(44)40(25)21(15)26(45)46)33-23(43)19(14-7-9-17(41)10-8-14)34-28(47)32-18-11-30-27(35-22(18)42)31-16-5-3-2-4-6-16;/h2-11,19-20,25,41H,12-13H2,1H3,(H,33,43)(H,45,46)(H2,32,34,47)(H2,30,31,35,42);/q;+1/p-1/t19-,20?,25-;/m1./s1. The Balaban J connectivity index is 0.00000486. The minimum atomic E-state index is -1.54. The number of thioether (sulfide) groups is 2. The number of carboxylic acid groups (broad SMARTS) is 1. The summed E-state index contributed by atoms with van der Waals surface area (Å²) in [5.41, 5.74) is 0.183. The number of carbonyl (C=O) groups excluding carboxylic acids is 4. The molecule has 4 aromatic rings. The van der Waals surface area contributed by atoms with E-state index >= 15 is 0 Å². The molecular weight excluding hydrogens is 702 g/mol. The maximum absolute atomic E-state index is 13.6. The van der Waals surface area contributed by atoms with E-state index in [9.17, 15) is 34.2 Å². The van der Waals surface area contributed by atoms with E-state index in [1.165, 1.54) is 52.5 Å². The summed E-state index contributed by atoms with van der Waals surface area (Å²) in [5.74, 6) is -2.56. The number of urea groups is 1. The molecule has 2 aliphatic rings. The minimum Gasteiger partial charge on any atom is -0.543 e. The van der Waals surface area contributed by atoms with Gasteiger partial charge in [0.05, 0.1) is 17.9 Å². The van der Waals surface area contributed by atoms with Crippen molar-refractivity contribution in [3.8, 4) is 5.75 Å². The number of anilines is 3. The number of nitrogens with one attached hydrogen (secondary N) is 5. The quantitative estimate of drug-likeness (QED) is 0.0506. The molecule has 6 rings (SSSR count). The van der Waals surface area contributed by atoms with Crippen LogP contribution in [-0.2, 0) is 21.4 Å². The molecule has 2 aliphatic heterocycles. The number of aromatic hydroxyl groups is 1. The van der Waals surface area contributed by atoms with Crippen molar-refractivity contribution in [1.29, 1.82) is 0 Å². The number of hydrogen-bond acceptors (Lipinski definition) is 14. The Morgan fingerprint density at radius 1 is 1.14 bits per heavy atom. The average Bonchev–Trinajstić information content (AvgIpc) is 3.50. The molecule has 0 bridgehead atoms. The number of benzene rings is 2. The van der Waals surface area contributed by atoms with Crippen LogP contribution in [0.2, 0.25) is 0 Å². The molecular formula is C29H26N11NaO7S2. The number of aliphatic carboxylic acids is 1. The second-order valence-corrected chi connectivity index (χ2v) is 12.6. The number of carbonyl (C=O) groups is 4. The van der Waals surface area contributed by atoms with Crippen LogP contribution >= 0.6 is 23.5 Å². The third-order valence-electron chi connectivity index (χ3n) is 7.34. The number of para-hydroxylation sites is 1. The van der Waals surface area contributed by atoms with Gasteiger partial charge in [-0.05, 0) is 45.8 Å². The van der Waals surface area contributed by atoms with Crippen molar-refractivity contribution in [1.82, 2.24) is 45.7 Å². The molecule has 50 heavy (non-hydrogen) atoms. The van der Waals surface area contributed by atoms with Gasteiger partial charge in [-0.15, -0.1) is 16.9 Å². The van der Waals surface area contributed by atoms with Crippen molar-refractivity contribution in [2.45, 2.75) is 22.6 Å². The predicted molar refractivity (Wildman–Crippen MR) is 174 cm³/mol. The number of fused-ring (bicyclic) bond motifs is 1. The van der Waals surface area contributed by atoms with Gasteiger partial charge in [0.2, 0.25) is 17.0 Å². The molecule has 0 radical (unpaired) electrons. The number of amides is 4. The van der Waals surface area contributed by atoms with Crippen molar-refractivity contribution >= 4 is 64.7 Å². The molecule has 3 atom stereocenters. The first kappa shape index (κ1) is 36.4. The maximum Gasteiger partial charge on any atom is 1.00 e. The van der Waals surface area contributed by atoms with Crippen molar-refractivity contribution in [3.05, 3.63) is 88.0 Å². The van der Waals surface area contributed by atoms with E-state index in [0.717, 1.165) is 11.1 Å². The second kappa shape index (κ2) is 15.8. The van der Waals surface area contributed by atoms with E-state index in [2.05, 4.69) is 46.8 Å². The zero-order valence-corrected chi connectivity index (χ0v) is 29.9. The first-order chi connectivity index (χ1) is 23.6. The van der Waals surface area contributed by atoms with Crippen LogP contribution in [0.15, 0.2) is 82.0 Å². The number of hydrogen-bond donors (Lipinski definition) is 6. The topological polar surface area (TPSA) is 252 Å². The number of aromatic amines is 1. The van der Waals surface area contributed by atoms with Gasteiger partial charge in [0.15, 0.2) is 0 Å². The summed E-state index contributed by atoms with van der Waals surface area (Å²) in [4.78, 5) is 72.5. The molecule has 4 amide bonds. The van der Waals surface area contributed by atoms with Gasteiger partial charge in [0.1, 0.15) is 28.9 Å². The van der Waals surface area contributed by atoms with Crippen molar-refractivity contribution in [2.24, 2.45) is 7.05 Å². The fourth-order valence-electron chi connectivity index (χ4n) is 4.98. The molecule has 1 fully saturated rings. The number of H-pyrrole nitrogens is 1. The predicted octanol–water partition coefficient (Wildman–Crippen LogP) is -3.19. The Kier molecular flexibility index (Phi) is 11.5. The van der Waals surface area contributed by atoms with Gasteiger partial charge in [-0.3, -0.25) is 24.3 Å². The van der Waals surface area contributed by atoms with Crippen molar-refractivity contribution in [2.75, 3.05) is 22.1 Å². The van der Waals surface area contributed by atoms with Gasteiger partial charge in [0, 0.05) is 24.2 Å². The van der Waals surface area contributed by atoms with Gasteiger partial charge in [0.25, 0.3) is 11.5 Å². The van der Waals surface area contributed by atoms with Crippen molar-refractivity contribution in [3.63, 3.8) is 0 Å².